The van der Waals surface area contributed by atoms with Crippen molar-refractivity contribution in [1.29, 1.82) is 0 Å². The molecular weight excluding hydrogens is 246 g/mol. The van der Waals surface area contributed by atoms with Gasteiger partial charge in [0.05, 0.1) is 11.7 Å². The predicted molar refractivity (Wildman–Crippen MR) is 83.1 cm³/mol. The lowest BCUT2D eigenvalue weighted by atomic mass is 9.70. The van der Waals surface area contributed by atoms with Gasteiger partial charge in [0.1, 0.15) is 5.82 Å². The number of hydrogen-bond acceptors (Lipinski definition) is 2. The minimum absolute atomic E-state index is 0.371. The van der Waals surface area contributed by atoms with Crippen molar-refractivity contribution in [3.05, 3.63) is 17.2 Å². The molecule has 1 aromatic rings. The first-order chi connectivity index (χ1) is 9.54. The molecule has 1 aromatic heterocycles. The first-order valence-electron chi connectivity index (χ1n) is 8.28. The van der Waals surface area contributed by atoms with Crippen molar-refractivity contribution in [2.45, 2.75) is 77.8 Å². The Kier molecular flexibility index (Phi) is 3.65. The van der Waals surface area contributed by atoms with Crippen molar-refractivity contribution in [3.63, 3.8) is 0 Å². The number of nitrogens with one attached hydrogen (secondary N) is 1. The largest absolute Gasteiger partial charge is 0.327 e. The van der Waals surface area contributed by atoms with Crippen molar-refractivity contribution >= 4 is 0 Å². The summed E-state index contributed by atoms with van der Waals surface area (Å²) in [6.07, 6.45) is 9.01. The van der Waals surface area contributed by atoms with Gasteiger partial charge < -0.3 is 9.88 Å². The van der Waals surface area contributed by atoms with Gasteiger partial charge in [0, 0.05) is 11.7 Å². The summed E-state index contributed by atoms with van der Waals surface area (Å²) in [5, 5.41) is 3.62. The molecular formula is C17H29N3. The van der Waals surface area contributed by atoms with E-state index in [2.05, 4.69) is 37.7 Å². The van der Waals surface area contributed by atoms with Crippen LogP contribution in [-0.2, 0) is 12.8 Å². The standard InChI is InChI=1S/C17H29N3/c1-12-19-13-8-5-6-9-14(13)20(12)15-10-7-11-17(2,3)16(15)18-4/h15-16,18H,5-11H2,1-4H3. The van der Waals surface area contributed by atoms with E-state index in [4.69, 9.17) is 4.98 Å². The number of aryl methyl sites for hydroxylation is 2. The van der Waals surface area contributed by atoms with Crippen LogP contribution in [0.1, 0.15) is 69.2 Å². The third-order valence-electron chi connectivity index (χ3n) is 5.54. The fraction of sp³-hybridized carbons (Fsp3) is 0.824. The Bertz CT molecular complexity index is 487. The summed E-state index contributed by atoms with van der Waals surface area (Å²) in [5.74, 6) is 1.24. The van der Waals surface area contributed by atoms with Crippen LogP contribution in [0.5, 0.6) is 0 Å². The Labute approximate surface area is 123 Å². The monoisotopic (exact) mass is 275 g/mol. The van der Waals surface area contributed by atoms with E-state index in [1.165, 1.54) is 62.2 Å². The number of rotatable bonds is 2. The highest BCUT2D eigenvalue weighted by molar-refractivity contribution is 5.22. The van der Waals surface area contributed by atoms with Gasteiger partial charge >= 0.3 is 0 Å². The molecule has 1 saturated carbocycles. The van der Waals surface area contributed by atoms with Gasteiger partial charge in [-0.2, -0.15) is 0 Å². The predicted octanol–water partition coefficient (Wildman–Crippen LogP) is 3.41. The Morgan fingerprint density at radius 3 is 2.70 bits per heavy atom. The highest BCUT2D eigenvalue weighted by Gasteiger charge is 2.40. The van der Waals surface area contributed by atoms with Crippen molar-refractivity contribution in [2.24, 2.45) is 5.41 Å². The molecule has 3 heteroatoms. The van der Waals surface area contributed by atoms with Gasteiger partial charge in [0.2, 0.25) is 0 Å². The quantitative estimate of drug-likeness (QED) is 0.896. The molecule has 20 heavy (non-hydrogen) atoms. The fourth-order valence-corrected chi connectivity index (χ4v) is 4.61. The van der Waals surface area contributed by atoms with E-state index in [0.29, 0.717) is 17.5 Å². The topological polar surface area (TPSA) is 29.9 Å². The Morgan fingerprint density at radius 2 is 1.95 bits per heavy atom. The molecule has 0 saturated heterocycles. The average Bonchev–Trinajstić information content (AvgIpc) is 2.73. The molecule has 0 radical (unpaired) electrons. The van der Waals surface area contributed by atoms with E-state index in [0.717, 1.165) is 0 Å². The molecule has 2 aliphatic rings. The highest BCUT2D eigenvalue weighted by atomic mass is 15.2. The van der Waals surface area contributed by atoms with E-state index in [9.17, 15) is 0 Å². The number of likely N-dealkylation sites (N-methyl/N-ethyl adjacent to an activating group) is 1. The van der Waals surface area contributed by atoms with Crippen molar-refractivity contribution in [1.82, 2.24) is 14.9 Å². The zero-order valence-electron chi connectivity index (χ0n) is 13.5. The maximum atomic E-state index is 4.88. The molecule has 2 unspecified atom stereocenters. The summed E-state index contributed by atoms with van der Waals surface area (Å²) in [4.78, 5) is 4.88. The van der Waals surface area contributed by atoms with Gasteiger partial charge in [-0.25, -0.2) is 4.98 Å². The molecule has 0 amide bonds. The lowest BCUT2D eigenvalue weighted by Crippen LogP contribution is -2.49. The maximum absolute atomic E-state index is 4.88. The van der Waals surface area contributed by atoms with Crippen LogP contribution in [0.4, 0.5) is 0 Å². The number of nitrogens with zero attached hydrogens (tertiary/aromatic N) is 2. The summed E-state index contributed by atoms with van der Waals surface area (Å²) in [6.45, 7) is 7.03. The molecule has 0 spiro atoms. The smallest absolute Gasteiger partial charge is 0.106 e. The third-order valence-corrected chi connectivity index (χ3v) is 5.54. The van der Waals surface area contributed by atoms with Gasteiger partial charge in [0.15, 0.2) is 0 Å². The summed E-state index contributed by atoms with van der Waals surface area (Å²) in [5.41, 5.74) is 3.29. The Morgan fingerprint density at radius 1 is 1.20 bits per heavy atom. The third kappa shape index (κ3) is 2.20. The molecule has 0 bridgehead atoms. The molecule has 1 fully saturated rings. The molecule has 0 aliphatic heterocycles. The SMILES string of the molecule is CNC1C(n2c(C)nc3c2CCCC3)CCCC1(C)C. The number of hydrogen-bond donors (Lipinski definition) is 1. The van der Waals surface area contributed by atoms with E-state index < -0.39 is 0 Å². The summed E-state index contributed by atoms with van der Waals surface area (Å²) in [7, 11) is 2.13. The fourth-order valence-electron chi connectivity index (χ4n) is 4.61. The second-order valence-corrected chi connectivity index (χ2v) is 7.34. The first-order valence-corrected chi connectivity index (χ1v) is 8.28. The van der Waals surface area contributed by atoms with Crippen LogP contribution in [0.25, 0.3) is 0 Å². The van der Waals surface area contributed by atoms with Crippen LogP contribution in [0.2, 0.25) is 0 Å². The van der Waals surface area contributed by atoms with Crippen molar-refractivity contribution < 1.29 is 0 Å². The second-order valence-electron chi connectivity index (χ2n) is 7.34. The van der Waals surface area contributed by atoms with Crippen LogP contribution in [0.15, 0.2) is 0 Å². The van der Waals surface area contributed by atoms with E-state index >= 15 is 0 Å². The van der Waals surface area contributed by atoms with Crippen molar-refractivity contribution in [2.75, 3.05) is 7.05 Å². The van der Waals surface area contributed by atoms with Crippen LogP contribution < -0.4 is 5.32 Å². The second kappa shape index (κ2) is 5.18. The molecule has 2 atom stereocenters. The normalized spacial score (nSPS) is 29.2. The van der Waals surface area contributed by atoms with E-state index in [-0.39, 0.29) is 0 Å². The van der Waals surface area contributed by atoms with Gasteiger partial charge in [-0.3, -0.25) is 0 Å². The zero-order valence-corrected chi connectivity index (χ0v) is 13.5. The average molecular weight is 275 g/mol. The number of aromatic nitrogens is 2. The lowest BCUT2D eigenvalue weighted by Gasteiger charge is -2.45. The molecule has 2 aliphatic carbocycles. The maximum Gasteiger partial charge on any atom is 0.106 e. The Hall–Kier alpha value is -0.830. The number of fused-ring (bicyclic) bond motifs is 1. The minimum Gasteiger partial charge on any atom is -0.327 e. The minimum atomic E-state index is 0.371. The van der Waals surface area contributed by atoms with Crippen LogP contribution >= 0.6 is 0 Å². The summed E-state index contributed by atoms with van der Waals surface area (Å²) in [6, 6.07) is 1.13. The van der Waals surface area contributed by atoms with Gasteiger partial charge in [0.25, 0.3) is 0 Å². The number of imidazole rings is 1. The van der Waals surface area contributed by atoms with Crippen LogP contribution in [0, 0.1) is 12.3 Å². The molecule has 3 nitrogen and oxygen atoms in total. The molecule has 3 rings (SSSR count). The lowest BCUT2D eigenvalue weighted by molar-refractivity contribution is 0.116. The molecule has 1 heterocycles. The van der Waals surface area contributed by atoms with Gasteiger partial charge in [-0.1, -0.05) is 20.3 Å². The van der Waals surface area contributed by atoms with Crippen LogP contribution in [-0.4, -0.2) is 22.6 Å². The highest BCUT2D eigenvalue weighted by Crippen LogP contribution is 2.43. The first kappa shape index (κ1) is 14.1. The summed E-state index contributed by atoms with van der Waals surface area (Å²) < 4.78 is 2.59. The van der Waals surface area contributed by atoms with Gasteiger partial charge in [-0.15, -0.1) is 0 Å². The van der Waals surface area contributed by atoms with Crippen LogP contribution in [0.3, 0.4) is 0 Å². The van der Waals surface area contributed by atoms with E-state index in [1.807, 2.05) is 0 Å². The summed E-state index contributed by atoms with van der Waals surface area (Å²) >= 11 is 0. The van der Waals surface area contributed by atoms with Gasteiger partial charge in [-0.05, 0) is 57.9 Å². The van der Waals surface area contributed by atoms with E-state index in [1.54, 1.807) is 0 Å². The molecule has 112 valence electrons. The Balaban J connectivity index is 2.01. The molecule has 0 aromatic carbocycles. The molecule has 1 N–H and O–H groups in total. The van der Waals surface area contributed by atoms with Crippen molar-refractivity contribution in [3.8, 4) is 0 Å². The zero-order chi connectivity index (χ0) is 14.3.